The number of nitrogens with one attached hydrogen (secondary N) is 1. The van der Waals surface area contributed by atoms with Gasteiger partial charge in [-0.15, -0.1) is 0 Å². The third-order valence-electron chi connectivity index (χ3n) is 5.74. The molecule has 1 amide bonds. The maximum absolute atomic E-state index is 12.3. The van der Waals surface area contributed by atoms with Crippen LogP contribution in [0.1, 0.15) is 42.7 Å². The lowest BCUT2D eigenvalue weighted by Crippen LogP contribution is -2.35. The van der Waals surface area contributed by atoms with Crippen LogP contribution in [0, 0.1) is 0 Å². The van der Waals surface area contributed by atoms with Gasteiger partial charge in [0.2, 0.25) is 5.91 Å². The predicted octanol–water partition coefficient (Wildman–Crippen LogP) is 3.64. The van der Waals surface area contributed by atoms with Gasteiger partial charge in [-0.2, -0.15) is 10.2 Å². The van der Waals surface area contributed by atoms with Crippen LogP contribution >= 0.6 is 0 Å². The van der Waals surface area contributed by atoms with Crippen molar-refractivity contribution < 1.29 is 9.59 Å². The third kappa shape index (κ3) is 5.27. The Bertz CT molecular complexity index is 943. The Labute approximate surface area is 176 Å². The summed E-state index contributed by atoms with van der Waals surface area (Å²) < 4.78 is 0. The molecule has 0 unspecified atom stereocenters. The molecule has 0 aromatic heterocycles. The molecule has 2 aliphatic heterocycles. The highest BCUT2D eigenvalue weighted by Crippen LogP contribution is 2.27. The van der Waals surface area contributed by atoms with Crippen molar-refractivity contribution in [3.63, 3.8) is 0 Å². The average molecular weight is 402 g/mol. The molecular weight excluding hydrogens is 376 g/mol. The summed E-state index contributed by atoms with van der Waals surface area (Å²) in [6.07, 6.45) is 4.26. The number of carbonyl (C=O) groups excluding carboxylic acids is 2. The van der Waals surface area contributed by atoms with E-state index in [0.717, 1.165) is 43.7 Å². The average Bonchev–Trinajstić information content (AvgIpc) is 2.79. The molecular formula is C24H26N4O2. The molecule has 0 bridgehead atoms. The summed E-state index contributed by atoms with van der Waals surface area (Å²) in [5.74, 6) is 0.595. The minimum Gasteiger partial charge on any atom is -0.326 e. The normalized spacial score (nSPS) is 17.6. The van der Waals surface area contributed by atoms with Crippen LogP contribution in [0.3, 0.4) is 0 Å². The number of ketones is 1. The van der Waals surface area contributed by atoms with E-state index in [-0.39, 0.29) is 18.1 Å². The number of rotatable bonds is 6. The highest BCUT2D eigenvalue weighted by atomic mass is 16.1. The van der Waals surface area contributed by atoms with Crippen molar-refractivity contribution in [3.8, 4) is 0 Å². The Balaban J connectivity index is 1.21. The molecule has 2 aliphatic rings. The summed E-state index contributed by atoms with van der Waals surface area (Å²) in [5.41, 5.74) is 3.67. The number of anilines is 1. The largest absolute Gasteiger partial charge is 0.326 e. The van der Waals surface area contributed by atoms with E-state index < -0.39 is 0 Å². The number of amides is 1. The zero-order valence-electron chi connectivity index (χ0n) is 17.0. The van der Waals surface area contributed by atoms with E-state index in [1.165, 1.54) is 11.8 Å². The Kier molecular flexibility index (Phi) is 6.44. The summed E-state index contributed by atoms with van der Waals surface area (Å²) in [4.78, 5) is 26.2. The monoisotopic (exact) mass is 402 g/mol. The standard InChI is InChI=1S/C24H26N4O2/c29-22-16-23(27-25-17-22)20-6-8-21(9-7-20)26-24(30)12-15-28-13-10-19(11-14-28)18-4-2-1-3-5-18/h1-9,17,19H,10-16H2,(H,26,30). The first kappa shape index (κ1) is 20.2. The smallest absolute Gasteiger partial charge is 0.225 e. The molecule has 154 valence electrons. The lowest BCUT2D eigenvalue weighted by Gasteiger charge is -2.32. The number of hydrogen-bond acceptors (Lipinski definition) is 5. The molecule has 2 heterocycles. The first-order chi connectivity index (χ1) is 14.7. The van der Waals surface area contributed by atoms with Crippen molar-refractivity contribution in [3.05, 3.63) is 65.7 Å². The van der Waals surface area contributed by atoms with Crippen molar-refractivity contribution >= 4 is 29.3 Å². The third-order valence-corrected chi connectivity index (χ3v) is 5.74. The van der Waals surface area contributed by atoms with E-state index in [2.05, 4.69) is 50.8 Å². The summed E-state index contributed by atoms with van der Waals surface area (Å²) >= 11 is 0. The van der Waals surface area contributed by atoms with Gasteiger partial charge >= 0.3 is 0 Å². The summed E-state index contributed by atoms with van der Waals surface area (Å²) in [5, 5.41) is 10.7. The second-order valence-electron chi connectivity index (χ2n) is 7.84. The van der Waals surface area contributed by atoms with Crippen molar-refractivity contribution in [1.29, 1.82) is 0 Å². The van der Waals surface area contributed by atoms with Crippen molar-refractivity contribution in [2.75, 3.05) is 25.0 Å². The Morgan fingerprint density at radius 2 is 1.77 bits per heavy atom. The summed E-state index contributed by atoms with van der Waals surface area (Å²) in [7, 11) is 0. The first-order valence-electron chi connectivity index (χ1n) is 10.5. The lowest BCUT2D eigenvalue weighted by atomic mass is 9.89. The molecule has 2 aromatic carbocycles. The predicted molar refractivity (Wildman–Crippen MR) is 119 cm³/mol. The highest BCUT2D eigenvalue weighted by molar-refractivity contribution is 6.35. The Morgan fingerprint density at radius 1 is 1.03 bits per heavy atom. The van der Waals surface area contributed by atoms with Crippen molar-refractivity contribution in [1.82, 2.24) is 4.90 Å². The fourth-order valence-electron chi connectivity index (χ4n) is 4.01. The number of benzene rings is 2. The van der Waals surface area contributed by atoms with Crippen LogP contribution in [0.4, 0.5) is 5.69 Å². The van der Waals surface area contributed by atoms with Crippen molar-refractivity contribution in [2.45, 2.75) is 31.6 Å². The zero-order chi connectivity index (χ0) is 20.8. The van der Waals surface area contributed by atoms with Gasteiger partial charge < -0.3 is 10.2 Å². The maximum atomic E-state index is 12.3. The summed E-state index contributed by atoms with van der Waals surface area (Å²) in [6, 6.07) is 18.1. The number of likely N-dealkylation sites (tertiary alicyclic amines) is 1. The van der Waals surface area contributed by atoms with E-state index in [0.29, 0.717) is 18.1 Å². The molecule has 0 saturated carbocycles. The maximum Gasteiger partial charge on any atom is 0.225 e. The minimum atomic E-state index is -0.0508. The zero-order valence-corrected chi connectivity index (χ0v) is 17.0. The fourth-order valence-corrected chi connectivity index (χ4v) is 4.01. The van der Waals surface area contributed by atoms with Gasteiger partial charge in [-0.1, -0.05) is 42.5 Å². The van der Waals surface area contributed by atoms with Crippen LogP contribution in [0.25, 0.3) is 0 Å². The molecule has 6 nitrogen and oxygen atoms in total. The Hall–Kier alpha value is -3.12. The van der Waals surface area contributed by atoms with Gasteiger partial charge in [-0.05, 0) is 55.1 Å². The van der Waals surface area contributed by atoms with E-state index in [1.54, 1.807) is 0 Å². The van der Waals surface area contributed by atoms with Gasteiger partial charge in [0, 0.05) is 18.7 Å². The van der Waals surface area contributed by atoms with Crippen LogP contribution in [0.5, 0.6) is 0 Å². The highest BCUT2D eigenvalue weighted by Gasteiger charge is 2.20. The number of carbonyl (C=O) groups is 2. The molecule has 0 spiro atoms. The topological polar surface area (TPSA) is 74.1 Å². The van der Waals surface area contributed by atoms with E-state index in [4.69, 9.17) is 0 Å². The van der Waals surface area contributed by atoms with E-state index >= 15 is 0 Å². The van der Waals surface area contributed by atoms with E-state index in [9.17, 15) is 9.59 Å². The molecule has 1 saturated heterocycles. The van der Waals surface area contributed by atoms with Gasteiger partial charge in [0.05, 0.1) is 18.3 Å². The SMILES string of the molecule is O=C1C=NN=C(c2ccc(NC(=O)CCN3CCC(c4ccccc4)CC3)cc2)C1. The van der Waals surface area contributed by atoms with Gasteiger partial charge in [-0.3, -0.25) is 9.59 Å². The Morgan fingerprint density at radius 3 is 2.47 bits per heavy atom. The van der Waals surface area contributed by atoms with Gasteiger partial charge in [0.1, 0.15) is 0 Å². The number of Topliss-reactive ketones (excluding diaryl/α,β-unsaturated/α-hetero) is 1. The second kappa shape index (κ2) is 9.59. The van der Waals surface area contributed by atoms with Crippen LogP contribution in [-0.2, 0) is 9.59 Å². The number of nitrogens with zero attached hydrogens (tertiary/aromatic N) is 3. The molecule has 0 aliphatic carbocycles. The molecule has 30 heavy (non-hydrogen) atoms. The van der Waals surface area contributed by atoms with Crippen LogP contribution in [0.15, 0.2) is 64.8 Å². The van der Waals surface area contributed by atoms with Crippen LogP contribution in [0.2, 0.25) is 0 Å². The molecule has 6 heteroatoms. The molecule has 4 rings (SSSR count). The van der Waals surface area contributed by atoms with Gasteiger partial charge in [0.15, 0.2) is 5.78 Å². The van der Waals surface area contributed by atoms with E-state index in [1.807, 2.05) is 24.3 Å². The summed E-state index contributed by atoms with van der Waals surface area (Å²) in [6.45, 7) is 2.85. The molecule has 0 atom stereocenters. The van der Waals surface area contributed by atoms with Gasteiger partial charge in [-0.25, -0.2) is 0 Å². The molecule has 0 radical (unpaired) electrons. The quantitative estimate of drug-likeness (QED) is 0.802. The molecule has 1 fully saturated rings. The van der Waals surface area contributed by atoms with Gasteiger partial charge in [0.25, 0.3) is 0 Å². The minimum absolute atomic E-state index is 0.0164. The lowest BCUT2D eigenvalue weighted by molar-refractivity contribution is -0.116. The van der Waals surface area contributed by atoms with Crippen LogP contribution < -0.4 is 5.32 Å². The van der Waals surface area contributed by atoms with Crippen molar-refractivity contribution in [2.24, 2.45) is 10.2 Å². The first-order valence-corrected chi connectivity index (χ1v) is 10.5. The number of piperidine rings is 1. The second-order valence-corrected chi connectivity index (χ2v) is 7.84. The molecule has 1 N–H and O–H groups in total. The fraction of sp³-hybridized carbons (Fsp3) is 0.333. The van der Waals surface area contributed by atoms with Crippen LogP contribution in [-0.4, -0.2) is 48.2 Å². The number of hydrogen-bond donors (Lipinski definition) is 1. The molecule has 2 aromatic rings.